The van der Waals surface area contributed by atoms with Crippen LogP contribution >= 0.6 is 0 Å². The van der Waals surface area contributed by atoms with Crippen LogP contribution in [-0.4, -0.2) is 48.0 Å². The predicted octanol–water partition coefficient (Wildman–Crippen LogP) is 2.59. The molecule has 0 aromatic heterocycles. The summed E-state index contributed by atoms with van der Waals surface area (Å²) in [5.74, 6) is -0.344. The molecule has 0 saturated carbocycles. The van der Waals surface area contributed by atoms with Gasteiger partial charge in [0, 0.05) is 19.6 Å². The highest BCUT2D eigenvalue weighted by molar-refractivity contribution is 5.23. The van der Waals surface area contributed by atoms with Gasteiger partial charge in [0.05, 0.1) is 0 Å². The molecule has 1 N–H and O–H groups in total. The summed E-state index contributed by atoms with van der Waals surface area (Å²) in [6, 6.07) is 5.96. The second-order valence-corrected chi connectivity index (χ2v) is 5.15. The molecule has 3 nitrogen and oxygen atoms in total. The van der Waals surface area contributed by atoms with Gasteiger partial charge in [-0.15, -0.1) is 0 Å². The van der Waals surface area contributed by atoms with Crippen molar-refractivity contribution in [2.24, 2.45) is 0 Å². The minimum Gasteiger partial charge on any atom is -0.489 e. The highest BCUT2D eigenvalue weighted by Crippen LogP contribution is 2.38. The lowest BCUT2D eigenvalue weighted by molar-refractivity contribution is -0.272. The van der Waals surface area contributed by atoms with Gasteiger partial charge in [0.15, 0.2) is 17.2 Å². The lowest BCUT2D eigenvalue weighted by Crippen LogP contribution is -2.53. The number of aliphatic hydroxyl groups is 1. The Morgan fingerprint density at radius 2 is 1.81 bits per heavy atom. The second kappa shape index (κ2) is 6.19. The van der Waals surface area contributed by atoms with Crippen molar-refractivity contribution in [3.8, 4) is 5.75 Å². The highest BCUT2D eigenvalue weighted by Gasteiger charge is 2.54. The van der Waals surface area contributed by atoms with E-state index in [-0.39, 0.29) is 38.3 Å². The lowest BCUT2D eigenvalue weighted by atomic mass is 9.91. The number of piperidine rings is 1. The molecule has 7 heteroatoms. The fourth-order valence-corrected chi connectivity index (χ4v) is 2.28. The topological polar surface area (TPSA) is 32.7 Å². The summed E-state index contributed by atoms with van der Waals surface area (Å²) in [7, 11) is 0. The molecular weight excluding hydrogens is 290 g/mol. The van der Waals surface area contributed by atoms with Crippen LogP contribution in [0.3, 0.4) is 0 Å². The summed E-state index contributed by atoms with van der Waals surface area (Å²) in [5.41, 5.74) is -2.59. The van der Waals surface area contributed by atoms with Gasteiger partial charge in [0.2, 0.25) is 0 Å². The van der Waals surface area contributed by atoms with E-state index in [9.17, 15) is 22.7 Å². The quantitative estimate of drug-likeness (QED) is 0.868. The first-order chi connectivity index (χ1) is 9.82. The maximum Gasteiger partial charge on any atom is 0.417 e. The predicted molar refractivity (Wildman–Crippen MR) is 68.6 cm³/mol. The van der Waals surface area contributed by atoms with E-state index in [0.717, 1.165) is 0 Å². The molecule has 0 amide bonds. The normalized spacial score (nSPS) is 19.5. The Labute approximate surface area is 120 Å². The van der Waals surface area contributed by atoms with Gasteiger partial charge in [0.1, 0.15) is 6.61 Å². The summed E-state index contributed by atoms with van der Waals surface area (Å²) in [6.45, 7) is 0.848. The van der Waals surface area contributed by atoms with Crippen molar-refractivity contribution < 1.29 is 27.4 Å². The van der Waals surface area contributed by atoms with Gasteiger partial charge in [0.25, 0.3) is 0 Å². The van der Waals surface area contributed by atoms with E-state index in [1.54, 1.807) is 17.0 Å². The van der Waals surface area contributed by atoms with Crippen molar-refractivity contribution >= 4 is 0 Å². The zero-order valence-corrected chi connectivity index (χ0v) is 11.4. The molecule has 118 valence electrons. The third kappa shape index (κ3) is 3.85. The van der Waals surface area contributed by atoms with E-state index >= 15 is 0 Å². The molecule has 1 aromatic carbocycles. The molecule has 1 aliphatic heterocycles. The Morgan fingerprint density at radius 1 is 1.19 bits per heavy atom. The summed E-state index contributed by atoms with van der Waals surface area (Å²) >= 11 is 0. The molecule has 21 heavy (non-hydrogen) atoms. The van der Waals surface area contributed by atoms with Crippen LogP contribution < -0.4 is 4.74 Å². The molecule has 2 rings (SSSR count). The molecule has 1 aliphatic rings. The summed E-state index contributed by atoms with van der Waals surface area (Å²) < 4.78 is 56.5. The number of halogens is 4. The van der Waals surface area contributed by atoms with Crippen LogP contribution in [0.15, 0.2) is 24.3 Å². The minimum atomic E-state index is -4.59. The number of alkyl halides is 3. The van der Waals surface area contributed by atoms with Gasteiger partial charge in [-0.25, -0.2) is 4.39 Å². The molecule has 0 spiro atoms. The van der Waals surface area contributed by atoms with E-state index in [4.69, 9.17) is 4.74 Å². The van der Waals surface area contributed by atoms with Gasteiger partial charge in [-0.3, -0.25) is 4.90 Å². The molecule has 0 atom stereocenters. The Kier molecular flexibility index (Phi) is 4.73. The number of hydrogen-bond donors (Lipinski definition) is 1. The third-order valence-electron chi connectivity index (χ3n) is 3.71. The molecular formula is C14H17F4NO2. The van der Waals surface area contributed by atoms with Crippen LogP contribution in [0.1, 0.15) is 12.8 Å². The van der Waals surface area contributed by atoms with Gasteiger partial charge in [-0.05, 0) is 25.0 Å². The van der Waals surface area contributed by atoms with Crippen LogP contribution in [0.4, 0.5) is 17.6 Å². The maximum absolute atomic E-state index is 13.3. The van der Waals surface area contributed by atoms with Crippen LogP contribution in [0.25, 0.3) is 0 Å². The lowest BCUT2D eigenvalue weighted by Gasteiger charge is -2.39. The SMILES string of the molecule is OC1(C(F)(F)F)CCN(CCOc2ccccc2F)CC1. The highest BCUT2D eigenvalue weighted by atomic mass is 19.4. The number of benzene rings is 1. The van der Waals surface area contributed by atoms with Crippen molar-refractivity contribution in [2.45, 2.75) is 24.6 Å². The molecule has 1 aromatic rings. The standard InChI is InChI=1S/C14H17F4NO2/c15-11-3-1-2-4-12(11)21-10-9-19-7-5-13(20,6-8-19)14(16,17)18/h1-4,20H,5-10H2. The summed E-state index contributed by atoms with van der Waals surface area (Å²) in [5, 5.41) is 9.53. The largest absolute Gasteiger partial charge is 0.489 e. The minimum absolute atomic E-state index is 0.126. The van der Waals surface area contributed by atoms with Crippen molar-refractivity contribution in [1.82, 2.24) is 4.90 Å². The van der Waals surface area contributed by atoms with Crippen LogP contribution in [0.2, 0.25) is 0 Å². The fourth-order valence-electron chi connectivity index (χ4n) is 2.28. The first-order valence-corrected chi connectivity index (χ1v) is 6.71. The first-order valence-electron chi connectivity index (χ1n) is 6.71. The summed E-state index contributed by atoms with van der Waals surface area (Å²) in [6.07, 6.45) is -5.30. The Balaban J connectivity index is 1.76. The van der Waals surface area contributed by atoms with Crippen molar-refractivity contribution in [1.29, 1.82) is 0 Å². The van der Waals surface area contributed by atoms with E-state index in [1.807, 2.05) is 0 Å². The monoisotopic (exact) mass is 307 g/mol. The van der Waals surface area contributed by atoms with Crippen molar-refractivity contribution in [2.75, 3.05) is 26.2 Å². The Morgan fingerprint density at radius 3 is 2.38 bits per heavy atom. The van der Waals surface area contributed by atoms with Gasteiger partial charge in [-0.2, -0.15) is 13.2 Å². The molecule has 0 radical (unpaired) electrons. The number of ether oxygens (including phenoxy) is 1. The third-order valence-corrected chi connectivity index (χ3v) is 3.71. The van der Waals surface area contributed by atoms with Crippen LogP contribution in [0.5, 0.6) is 5.75 Å². The maximum atomic E-state index is 13.3. The molecule has 1 fully saturated rings. The fraction of sp³-hybridized carbons (Fsp3) is 0.571. The summed E-state index contributed by atoms with van der Waals surface area (Å²) in [4.78, 5) is 1.76. The molecule has 0 unspecified atom stereocenters. The molecule has 1 saturated heterocycles. The van der Waals surface area contributed by atoms with E-state index < -0.39 is 17.6 Å². The van der Waals surface area contributed by atoms with Crippen LogP contribution in [-0.2, 0) is 0 Å². The molecule has 1 heterocycles. The Hall–Kier alpha value is -1.34. The number of rotatable bonds is 4. The average molecular weight is 307 g/mol. The Bertz CT molecular complexity index is 470. The number of para-hydroxylation sites is 1. The number of likely N-dealkylation sites (tertiary alicyclic amines) is 1. The van der Waals surface area contributed by atoms with Crippen molar-refractivity contribution in [3.63, 3.8) is 0 Å². The number of nitrogens with zero attached hydrogens (tertiary/aromatic N) is 1. The zero-order chi connectivity index (χ0) is 15.5. The van der Waals surface area contributed by atoms with E-state index in [1.165, 1.54) is 12.1 Å². The number of hydrogen-bond acceptors (Lipinski definition) is 3. The van der Waals surface area contributed by atoms with Gasteiger partial charge < -0.3 is 9.84 Å². The zero-order valence-electron chi connectivity index (χ0n) is 11.4. The second-order valence-electron chi connectivity index (χ2n) is 5.15. The van der Waals surface area contributed by atoms with Crippen molar-refractivity contribution in [3.05, 3.63) is 30.1 Å². The van der Waals surface area contributed by atoms with Gasteiger partial charge in [-0.1, -0.05) is 12.1 Å². The smallest absolute Gasteiger partial charge is 0.417 e. The van der Waals surface area contributed by atoms with E-state index in [2.05, 4.69) is 0 Å². The molecule has 0 bridgehead atoms. The van der Waals surface area contributed by atoms with Gasteiger partial charge >= 0.3 is 6.18 Å². The van der Waals surface area contributed by atoms with E-state index in [0.29, 0.717) is 6.54 Å². The first kappa shape index (κ1) is 16.0. The average Bonchev–Trinajstić information content (AvgIpc) is 2.42. The molecule has 0 aliphatic carbocycles. The van der Waals surface area contributed by atoms with Crippen LogP contribution in [0, 0.1) is 5.82 Å².